The molecule has 1 atom stereocenters. The second-order valence-electron chi connectivity index (χ2n) is 5.89. The van der Waals surface area contributed by atoms with Crippen LogP contribution in [0, 0.1) is 0 Å². The van der Waals surface area contributed by atoms with Crippen molar-refractivity contribution in [3.05, 3.63) is 83.4 Å². The summed E-state index contributed by atoms with van der Waals surface area (Å²) in [5, 5.41) is 2.69. The summed E-state index contributed by atoms with van der Waals surface area (Å²) in [6.45, 7) is 3.18. The van der Waals surface area contributed by atoms with Crippen LogP contribution in [0.2, 0.25) is 0 Å². The molecule has 1 heterocycles. The van der Waals surface area contributed by atoms with Crippen molar-refractivity contribution in [2.24, 2.45) is 0 Å². The fourth-order valence-electron chi connectivity index (χ4n) is 2.64. The summed E-state index contributed by atoms with van der Waals surface area (Å²) < 4.78 is 5.26. The number of rotatable bonds is 3. The number of benzene rings is 2. The van der Waals surface area contributed by atoms with Gasteiger partial charge in [-0.25, -0.2) is 4.79 Å². The largest absolute Gasteiger partial charge is 0.406 e. The number of nitrogens with one attached hydrogen (secondary N) is 1. The van der Waals surface area contributed by atoms with Gasteiger partial charge in [0, 0.05) is 11.1 Å². The Kier molecular flexibility index (Phi) is 4.84. The molecule has 6 nitrogen and oxygen atoms in total. The lowest BCUT2D eigenvalue weighted by Crippen LogP contribution is -2.36. The minimum atomic E-state index is -0.777. The molecule has 2 aromatic carbocycles. The fourth-order valence-corrected chi connectivity index (χ4v) is 2.64. The van der Waals surface area contributed by atoms with Gasteiger partial charge in [0.2, 0.25) is 5.88 Å². The van der Waals surface area contributed by atoms with Crippen LogP contribution in [0.4, 0.5) is 0 Å². The SMILES string of the molecule is CC(NC(=O)c1ccccc1)=C1OC(=O)C(C)N1C(=O)c1ccccc1. The lowest BCUT2D eigenvalue weighted by molar-refractivity contribution is -0.136. The van der Waals surface area contributed by atoms with Crippen LogP contribution in [-0.2, 0) is 9.53 Å². The average molecular weight is 350 g/mol. The molecular formula is C20H18N2O4. The maximum Gasteiger partial charge on any atom is 0.335 e. The maximum atomic E-state index is 12.8. The van der Waals surface area contributed by atoms with Crippen LogP contribution < -0.4 is 5.32 Å². The second-order valence-corrected chi connectivity index (χ2v) is 5.89. The predicted molar refractivity (Wildman–Crippen MR) is 94.8 cm³/mol. The summed E-state index contributed by atoms with van der Waals surface area (Å²) in [4.78, 5) is 38.4. The summed E-state index contributed by atoms with van der Waals surface area (Å²) in [5.74, 6) is -1.22. The zero-order chi connectivity index (χ0) is 18.7. The molecule has 0 radical (unpaired) electrons. The number of ether oxygens (including phenoxy) is 1. The molecular weight excluding hydrogens is 332 g/mol. The molecule has 2 amide bonds. The van der Waals surface area contributed by atoms with Gasteiger partial charge < -0.3 is 10.1 Å². The predicted octanol–water partition coefficient (Wildman–Crippen LogP) is 2.69. The number of allylic oxidation sites excluding steroid dienone is 1. The first-order chi connectivity index (χ1) is 12.5. The molecule has 1 aliphatic rings. The molecule has 1 unspecified atom stereocenters. The van der Waals surface area contributed by atoms with Crippen LogP contribution in [0.1, 0.15) is 34.6 Å². The number of hydrogen-bond acceptors (Lipinski definition) is 4. The molecule has 0 bridgehead atoms. The highest BCUT2D eigenvalue weighted by Gasteiger charge is 2.40. The van der Waals surface area contributed by atoms with Gasteiger partial charge in [-0.2, -0.15) is 0 Å². The Hall–Kier alpha value is -3.41. The highest BCUT2D eigenvalue weighted by Crippen LogP contribution is 2.26. The van der Waals surface area contributed by atoms with Gasteiger partial charge in [0.15, 0.2) is 0 Å². The number of hydrogen-bond donors (Lipinski definition) is 1. The van der Waals surface area contributed by atoms with Crippen molar-refractivity contribution in [3.63, 3.8) is 0 Å². The third-order valence-corrected chi connectivity index (χ3v) is 4.04. The van der Waals surface area contributed by atoms with Crippen LogP contribution in [0.15, 0.2) is 72.2 Å². The molecule has 0 aromatic heterocycles. The van der Waals surface area contributed by atoms with Crippen molar-refractivity contribution in [2.75, 3.05) is 0 Å². The van der Waals surface area contributed by atoms with Gasteiger partial charge in [0.1, 0.15) is 6.04 Å². The summed E-state index contributed by atoms with van der Waals surface area (Å²) in [5.41, 5.74) is 1.18. The Bertz CT molecular complexity index is 875. The molecule has 1 N–H and O–H groups in total. The van der Waals surface area contributed by atoms with Gasteiger partial charge in [-0.1, -0.05) is 36.4 Å². The smallest absolute Gasteiger partial charge is 0.335 e. The summed E-state index contributed by atoms with van der Waals surface area (Å²) >= 11 is 0. The highest BCUT2D eigenvalue weighted by atomic mass is 16.6. The number of carbonyl (C=O) groups is 3. The molecule has 0 aliphatic carbocycles. The first-order valence-electron chi connectivity index (χ1n) is 8.16. The number of carbonyl (C=O) groups excluding carboxylic acids is 3. The van der Waals surface area contributed by atoms with Gasteiger partial charge in [-0.3, -0.25) is 14.5 Å². The van der Waals surface area contributed by atoms with Gasteiger partial charge in [0.05, 0.1) is 5.70 Å². The van der Waals surface area contributed by atoms with Crippen LogP contribution in [-0.4, -0.2) is 28.7 Å². The van der Waals surface area contributed by atoms with Crippen LogP contribution in [0.25, 0.3) is 0 Å². The van der Waals surface area contributed by atoms with E-state index in [0.29, 0.717) is 16.8 Å². The Morgan fingerprint density at radius 3 is 2.08 bits per heavy atom. The van der Waals surface area contributed by atoms with Crippen LogP contribution >= 0.6 is 0 Å². The monoisotopic (exact) mass is 350 g/mol. The van der Waals surface area contributed by atoms with Gasteiger partial charge in [0.25, 0.3) is 11.8 Å². The molecule has 2 aromatic rings. The van der Waals surface area contributed by atoms with Gasteiger partial charge >= 0.3 is 5.97 Å². The van der Waals surface area contributed by atoms with E-state index >= 15 is 0 Å². The molecule has 0 saturated carbocycles. The summed E-state index contributed by atoms with van der Waals surface area (Å²) in [6, 6.07) is 16.5. The minimum absolute atomic E-state index is 0.0423. The van der Waals surface area contributed by atoms with Crippen molar-refractivity contribution in [2.45, 2.75) is 19.9 Å². The average Bonchev–Trinajstić information content (AvgIpc) is 2.97. The van der Waals surface area contributed by atoms with Crippen LogP contribution in [0.5, 0.6) is 0 Å². The standard InChI is InChI=1S/C20H18N2O4/c1-13(21-17(23)15-9-5-3-6-10-15)19-22(14(2)20(25)26-19)18(24)16-11-7-4-8-12-16/h3-12,14H,1-2H3,(H,21,23). The number of esters is 1. The van der Waals surface area contributed by atoms with E-state index in [1.54, 1.807) is 68.4 Å². The van der Waals surface area contributed by atoms with E-state index in [9.17, 15) is 14.4 Å². The Morgan fingerprint density at radius 1 is 0.962 bits per heavy atom. The third kappa shape index (κ3) is 3.35. The van der Waals surface area contributed by atoms with Crippen molar-refractivity contribution in [1.82, 2.24) is 10.2 Å². The zero-order valence-corrected chi connectivity index (χ0v) is 14.4. The van der Waals surface area contributed by atoms with Gasteiger partial charge in [-0.05, 0) is 38.1 Å². The van der Waals surface area contributed by atoms with Crippen LogP contribution in [0.3, 0.4) is 0 Å². The first-order valence-corrected chi connectivity index (χ1v) is 8.16. The van der Waals surface area contributed by atoms with Crippen molar-refractivity contribution in [1.29, 1.82) is 0 Å². The van der Waals surface area contributed by atoms with Crippen molar-refractivity contribution in [3.8, 4) is 0 Å². The van der Waals surface area contributed by atoms with E-state index in [2.05, 4.69) is 5.32 Å². The van der Waals surface area contributed by atoms with E-state index in [0.717, 1.165) is 0 Å². The van der Waals surface area contributed by atoms with E-state index in [1.807, 2.05) is 6.07 Å². The highest BCUT2D eigenvalue weighted by molar-refractivity contribution is 6.00. The Morgan fingerprint density at radius 2 is 1.50 bits per heavy atom. The molecule has 1 saturated heterocycles. The van der Waals surface area contributed by atoms with Crippen molar-refractivity contribution >= 4 is 17.8 Å². The van der Waals surface area contributed by atoms with E-state index in [-0.39, 0.29) is 17.7 Å². The fraction of sp³-hybridized carbons (Fsp3) is 0.150. The summed E-state index contributed by atoms with van der Waals surface area (Å²) in [6.07, 6.45) is 0. The first kappa shape index (κ1) is 17.4. The molecule has 26 heavy (non-hydrogen) atoms. The minimum Gasteiger partial charge on any atom is -0.406 e. The molecule has 132 valence electrons. The maximum absolute atomic E-state index is 12.8. The number of cyclic esters (lactones) is 1. The Balaban J connectivity index is 1.90. The molecule has 1 aliphatic heterocycles. The van der Waals surface area contributed by atoms with Crippen molar-refractivity contribution < 1.29 is 19.1 Å². The third-order valence-electron chi connectivity index (χ3n) is 4.04. The van der Waals surface area contributed by atoms with E-state index < -0.39 is 12.0 Å². The van der Waals surface area contributed by atoms with Gasteiger partial charge in [-0.15, -0.1) is 0 Å². The molecule has 0 spiro atoms. The molecule has 6 heteroatoms. The quantitative estimate of drug-likeness (QED) is 0.864. The Labute approximate surface area is 151 Å². The van der Waals surface area contributed by atoms with E-state index in [1.165, 1.54) is 4.90 Å². The number of nitrogens with zero attached hydrogens (tertiary/aromatic N) is 1. The van der Waals surface area contributed by atoms with E-state index in [4.69, 9.17) is 4.74 Å². The zero-order valence-electron chi connectivity index (χ0n) is 14.4. The lowest BCUT2D eigenvalue weighted by Gasteiger charge is -2.20. The topological polar surface area (TPSA) is 75.7 Å². The summed E-state index contributed by atoms with van der Waals surface area (Å²) in [7, 11) is 0. The molecule has 3 rings (SSSR count). The second kappa shape index (κ2) is 7.23. The number of amides is 2. The lowest BCUT2D eigenvalue weighted by atomic mass is 10.1. The normalized spacial score (nSPS) is 18.3. The molecule has 1 fully saturated rings.